The van der Waals surface area contributed by atoms with Gasteiger partial charge >= 0.3 is 0 Å². The summed E-state index contributed by atoms with van der Waals surface area (Å²) in [5.41, 5.74) is 1.02. The van der Waals surface area contributed by atoms with E-state index in [1.165, 1.54) is 0 Å². The zero-order valence-corrected chi connectivity index (χ0v) is 14.6. The van der Waals surface area contributed by atoms with Crippen LogP contribution in [0.4, 0.5) is 0 Å². The Kier molecular flexibility index (Phi) is 9.09. The molecule has 0 fully saturated rings. The van der Waals surface area contributed by atoms with Gasteiger partial charge in [-0.3, -0.25) is 4.79 Å². The highest BCUT2D eigenvalue weighted by Crippen LogP contribution is 2.23. The summed E-state index contributed by atoms with van der Waals surface area (Å²) >= 11 is 0. The van der Waals surface area contributed by atoms with Gasteiger partial charge in [0.2, 0.25) is 5.91 Å². The fourth-order valence-corrected chi connectivity index (χ4v) is 2.10. The van der Waals surface area contributed by atoms with Crippen LogP contribution >= 0.6 is 0 Å². The first-order chi connectivity index (χ1) is 11.1. The average Bonchev–Trinajstić information content (AvgIpc) is 2.57. The number of aryl methyl sites for hydroxylation is 1. The van der Waals surface area contributed by atoms with Gasteiger partial charge in [0.15, 0.2) is 0 Å². The van der Waals surface area contributed by atoms with Gasteiger partial charge in [0.1, 0.15) is 11.5 Å². The lowest BCUT2D eigenvalue weighted by Gasteiger charge is -2.16. The third-order valence-electron chi connectivity index (χ3n) is 3.54. The third-order valence-corrected chi connectivity index (χ3v) is 3.54. The molecule has 130 valence electrons. The quantitative estimate of drug-likeness (QED) is 0.665. The van der Waals surface area contributed by atoms with E-state index in [4.69, 9.17) is 14.2 Å². The van der Waals surface area contributed by atoms with Gasteiger partial charge in [0, 0.05) is 39.2 Å². The van der Waals surface area contributed by atoms with Crippen molar-refractivity contribution in [2.24, 2.45) is 0 Å². The lowest BCUT2D eigenvalue weighted by atomic mass is 10.1. The summed E-state index contributed by atoms with van der Waals surface area (Å²) < 4.78 is 15.5. The number of rotatable bonds is 11. The second-order valence-corrected chi connectivity index (χ2v) is 5.37. The van der Waals surface area contributed by atoms with E-state index in [1.54, 1.807) is 21.3 Å². The molecule has 0 radical (unpaired) electrons. The Balaban J connectivity index is 2.33. The van der Waals surface area contributed by atoms with E-state index in [0.29, 0.717) is 26.0 Å². The Morgan fingerprint density at radius 2 is 1.74 bits per heavy atom. The van der Waals surface area contributed by atoms with Gasteiger partial charge in [-0.25, -0.2) is 0 Å². The Labute approximate surface area is 138 Å². The number of nitrogens with one attached hydrogen (secondary N) is 1. The minimum Gasteiger partial charge on any atom is -0.497 e. The zero-order valence-electron chi connectivity index (χ0n) is 14.6. The standard InChI is InChI=1S/C17H28N2O4/c1-19(9-10-21-2)8-7-18-17(20)6-5-14-11-15(22-3)13-16(12-14)23-4/h11-13H,5-10H2,1-4H3,(H,18,20). The van der Waals surface area contributed by atoms with Crippen molar-refractivity contribution in [1.29, 1.82) is 0 Å². The second-order valence-electron chi connectivity index (χ2n) is 5.37. The van der Waals surface area contributed by atoms with Crippen molar-refractivity contribution in [3.8, 4) is 11.5 Å². The average molecular weight is 324 g/mol. The summed E-state index contributed by atoms with van der Waals surface area (Å²) in [6.07, 6.45) is 1.09. The Morgan fingerprint density at radius 3 is 2.30 bits per heavy atom. The maximum absolute atomic E-state index is 11.9. The van der Waals surface area contributed by atoms with E-state index in [-0.39, 0.29) is 5.91 Å². The number of ether oxygens (including phenoxy) is 3. The number of hydrogen-bond acceptors (Lipinski definition) is 5. The summed E-state index contributed by atoms with van der Waals surface area (Å²) in [7, 11) is 6.92. The summed E-state index contributed by atoms with van der Waals surface area (Å²) in [6.45, 7) is 3.00. The molecule has 1 aromatic rings. The molecule has 6 heteroatoms. The van der Waals surface area contributed by atoms with E-state index in [1.807, 2.05) is 25.2 Å². The molecule has 1 rings (SSSR count). The van der Waals surface area contributed by atoms with Gasteiger partial charge in [-0.2, -0.15) is 0 Å². The minimum absolute atomic E-state index is 0.0481. The molecule has 0 heterocycles. The predicted octanol–water partition coefficient (Wildman–Crippen LogP) is 1.33. The SMILES string of the molecule is COCCN(C)CCNC(=O)CCc1cc(OC)cc(OC)c1. The van der Waals surface area contributed by atoms with Crippen LogP contribution in [-0.4, -0.2) is 65.4 Å². The van der Waals surface area contributed by atoms with Crippen LogP contribution in [0.3, 0.4) is 0 Å². The number of methoxy groups -OCH3 is 3. The van der Waals surface area contributed by atoms with Crippen molar-refractivity contribution in [1.82, 2.24) is 10.2 Å². The monoisotopic (exact) mass is 324 g/mol. The van der Waals surface area contributed by atoms with Gasteiger partial charge in [-0.05, 0) is 31.2 Å². The van der Waals surface area contributed by atoms with Crippen LogP contribution in [0.2, 0.25) is 0 Å². The number of carbonyl (C=O) groups is 1. The highest BCUT2D eigenvalue weighted by Gasteiger charge is 2.06. The van der Waals surface area contributed by atoms with Crippen LogP contribution in [0.1, 0.15) is 12.0 Å². The van der Waals surface area contributed by atoms with Crippen LogP contribution in [0, 0.1) is 0 Å². The van der Waals surface area contributed by atoms with Crippen molar-refractivity contribution in [2.45, 2.75) is 12.8 Å². The Hall–Kier alpha value is -1.79. The first-order valence-corrected chi connectivity index (χ1v) is 7.75. The van der Waals surface area contributed by atoms with E-state index in [0.717, 1.165) is 30.2 Å². The molecule has 0 spiro atoms. The summed E-state index contributed by atoms with van der Waals surface area (Å²) in [5, 5.41) is 2.93. The van der Waals surface area contributed by atoms with E-state index in [9.17, 15) is 4.79 Å². The topological polar surface area (TPSA) is 60.0 Å². The molecule has 1 N–H and O–H groups in total. The molecule has 0 bridgehead atoms. The van der Waals surface area contributed by atoms with Crippen molar-refractivity contribution in [2.75, 3.05) is 54.6 Å². The highest BCUT2D eigenvalue weighted by molar-refractivity contribution is 5.76. The number of likely N-dealkylation sites (N-methyl/N-ethyl adjacent to an activating group) is 1. The molecule has 0 aromatic heterocycles. The molecule has 1 amide bonds. The zero-order chi connectivity index (χ0) is 17.1. The molecular weight excluding hydrogens is 296 g/mol. The maximum atomic E-state index is 11.9. The fourth-order valence-electron chi connectivity index (χ4n) is 2.10. The van der Waals surface area contributed by atoms with Gasteiger partial charge < -0.3 is 24.4 Å². The minimum atomic E-state index is 0.0481. The highest BCUT2D eigenvalue weighted by atomic mass is 16.5. The van der Waals surface area contributed by atoms with Crippen LogP contribution in [-0.2, 0) is 16.0 Å². The van der Waals surface area contributed by atoms with Crippen molar-refractivity contribution in [3.63, 3.8) is 0 Å². The van der Waals surface area contributed by atoms with Crippen LogP contribution < -0.4 is 14.8 Å². The largest absolute Gasteiger partial charge is 0.497 e. The molecule has 6 nitrogen and oxygen atoms in total. The Morgan fingerprint density at radius 1 is 1.09 bits per heavy atom. The first kappa shape index (κ1) is 19.3. The molecule has 0 saturated carbocycles. The molecule has 0 aliphatic heterocycles. The van der Waals surface area contributed by atoms with Crippen LogP contribution in [0.15, 0.2) is 18.2 Å². The van der Waals surface area contributed by atoms with Crippen LogP contribution in [0.5, 0.6) is 11.5 Å². The summed E-state index contributed by atoms with van der Waals surface area (Å²) in [6, 6.07) is 5.67. The lowest BCUT2D eigenvalue weighted by Crippen LogP contribution is -2.34. The molecular formula is C17H28N2O4. The summed E-state index contributed by atoms with van der Waals surface area (Å²) in [4.78, 5) is 14.0. The number of carbonyl (C=O) groups excluding carboxylic acids is 1. The normalized spacial score (nSPS) is 10.7. The van der Waals surface area contributed by atoms with Crippen molar-refractivity contribution < 1.29 is 19.0 Å². The molecule has 23 heavy (non-hydrogen) atoms. The second kappa shape index (κ2) is 10.9. The number of nitrogens with zero attached hydrogens (tertiary/aromatic N) is 1. The first-order valence-electron chi connectivity index (χ1n) is 7.75. The molecule has 0 atom stereocenters. The van der Waals surface area contributed by atoms with Gasteiger partial charge in [0.25, 0.3) is 0 Å². The van der Waals surface area contributed by atoms with E-state index in [2.05, 4.69) is 10.2 Å². The number of hydrogen-bond donors (Lipinski definition) is 1. The van der Waals surface area contributed by atoms with E-state index >= 15 is 0 Å². The molecule has 0 aliphatic rings. The summed E-state index contributed by atoms with van der Waals surface area (Å²) in [5.74, 6) is 1.52. The third kappa shape index (κ3) is 7.85. The predicted molar refractivity (Wildman–Crippen MR) is 90.2 cm³/mol. The maximum Gasteiger partial charge on any atom is 0.220 e. The van der Waals surface area contributed by atoms with Crippen molar-refractivity contribution >= 4 is 5.91 Å². The molecule has 0 saturated heterocycles. The fraction of sp³-hybridized carbons (Fsp3) is 0.588. The van der Waals surface area contributed by atoms with E-state index < -0.39 is 0 Å². The van der Waals surface area contributed by atoms with Gasteiger partial charge in [0.05, 0.1) is 20.8 Å². The molecule has 0 aliphatic carbocycles. The van der Waals surface area contributed by atoms with Gasteiger partial charge in [-0.15, -0.1) is 0 Å². The lowest BCUT2D eigenvalue weighted by molar-refractivity contribution is -0.121. The molecule has 1 aromatic carbocycles. The van der Waals surface area contributed by atoms with Crippen molar-refractivity contribution in [3.05, 3.63) is 23.8 Å². The number of benzene rings is 1. The van der Waals surface area contributed by atoms with Crippen LogP contribution in [0.25, 0.3) is 0 Å². The smallest absolute Gasteiger partial charge is 0.220 e. The van der Waals surface area contributed by atoms with Gasteiger partial charge in [-0.1, -0.05) is 0 Å². The Bertz CT molecular complexity index is 457. The molecule has 0 unspecified atom stereocenters. The number of amides is 1.